The summed E-state index contributed by atoms with van der Waals surface area (Å²) in [7, 11) is 0. The lowest BCUT2D eigenvalue weighted by molar-refractivity contribution is 0.0564. The van der Waals surface area contributed by atoms with E-state index < -0.39 is 0 Å². The normalized spacial score (nSPS) is 24.0. The molecule has 0 radical (unpaired) electrons. The molecule has 0 N–H and O–H groups in total. The van der Waals surface area contributed by atoms with E-state index in [1.165, 1.54) is 5.70 Å². The van der Waals surface area contributed by atoms with Crippen LogP contribution in [-0.2, 0) is 4.74 Å². The molecule has 0 aromatic carbocycles. The molecule has 2 rings (SSSR count). The van der Waals surface area contributed by atoms with Gasteiger partial charge >= 0.3 is 0 Å². The highest BCUT2D eigenvalue weighted by atomic mass is 16.5. The Hall–Kier alpha value is -0.830. The highest BCUT2D eigenvalue weighted by molar-refractivity contribution is 5.78. The SMILES string of the molecule is C1=NCCC=C1N1CCOCC1. The van der Waals surface area contributed by atoms with Crippen LogP contribution in [0.2, 0.25) is 0 Å². The molecule has 66 valence electrons. The van der Waals surface area contributed by atoms with Crippen molar-refractivity contribution in [3.8, 4) is 0 Å². The molecule has 3 nitrogen and oxygen atoms in total. The molecule has 0 atom stereocenters. The number of nitrogens with zero attached hydrogens (tertiary/aromatic N) is 2. The van der Waals surface area contributed by atoms with Crippen molar-refractivity contribution in [1.82, 2.24) is 4.90 Å². The van der Waals surface area contributed by atoms with Crippen LogP contribution in [0.25, 0.3) is 0 Å². The van der Waals surface area contributed by atoms with Crippen LogP contribution in [0.15, 0.2) is 16.8 Å². The van der Waals surface area contributed by atoms with Gasteiger partial charge in [0.15, 0.2) is 0 Å². The summed E-state index contributed by atoms with van der Waals surface area (Å²) < 4.78 is 5.28. The minimum absolute atomic E-state index is 0.852. The number of hydrogen-bond acceptors (Lipinski definition) is 3. The first kappa shape index (κ1) is 7.80. The Kier molecular flexibility index (Phi) is 2.42. The number of aliphatic imine (C=N–C) groups is 1. The second-order valence-electron chi connectivity index (χ2n) is 3.05. The van der Waals surface area contributed by atoms with Gasteiger partial charge in [-0.05, 0) is 6.42 Å². The molecule has 1 fully saturated rings. The fourth-order valence-electron chi connectivity index (χ4n) is 1.53. The monoisotopic (exact) mass is 166 g/mol. The number of dihydropyridines is 1. The van der Waals surface area contributed by atoms with Crippen LogP contribution < -0.4 is 0 Å². The first-order chi connectivity index (χ1) is 5.97. The third kappa shape index (κ3) is 1.67. The van der Waals surface area contributed by atoms with Gasteiger partial charge in [-0.15, -0.1) is 0 Å². The minimum atomic E-state index is 0.852. The number of rotatable bonds is 1. The molecule has 12 heavy (non-hydrogen) atoms. The lowest BCUT2D eigenvalue weighted by Crippen LogP contribution is -2.36. The van der Waals surface area contributed by atoms with Crippen molar-refractivity contribution in [3.05, 3.63) is 11.8 Å². The van der Waals surface area contributed by atoms with E-state index in [2.05, 4.69) is 16.0 Å². The highest BCUT2D eigenvalue weighted by Gasteiger charge is 2.12. The number of allylic oxidation sites excluding steroid dienone is 1. The Morgan fingerprint density at radius 1 is 1.33 bits per heavy atom. The first-order valence-electron chi connectivity index (χ1n) is 4.49. The maximum absolute atomic E-state index is 5.28. The van der Waals surface area contributed by atoms with Crippen molar-refractivity contribution in [2.75, 3.05) is 32.8 Å². The molecule has 0 saturated carbocycles. The van der Waals surface area contributed by atoms with Gasteiger partial charge in [0.25, 0.3) is 0 Å². The summed E-state index contributed by atoms with van der Waals surface area (Å²) in [5.74, 6) is 0. The largest absolute Gasteiger partial charge is 0.378 e. The summed E-state index contributed by atoms with van der Waals surface area (Å²) in [6.45, 7) is 4.68. The third-order valence-corrected chi connectivity index (χ3v) is 2.21. The van der Waals surface area contributed by atoms with E-state index in [4.69, 9.17) is 4.74 Å². The van der Waals surface area contributed by atoms with Gasteiger partial charge in [-0.3, -0.25) is 4.99 Å². The molecule has 2 aliphatic heterocycles. The van der Waals surface area contributed by atoms with Crippen molar-refractivity contribution in [3.63, 3.8) is 0 Å². The quantitative estimate of drug-likeness (QED) is 0.572. The van der Waals surface area contributed by atoms with Gasteiger partial charge in [-0.25, -0.2) is 0 Å². The summed E-state index contributed by atoms with van der Waals surface area (Å²) >= 11 is 0. The van der Waals surface area contributed by atoms with Crippen molar-refractivity contribution < 1.29 is 4.74 Å². The van der Waals surface area contributed by atoms with Gasteiger partial charge in [0.2, 0.25) is 0 Å². The van der Waals surface area contributed by atoms with Crippen LogP contribution in [0.3, 0.4) is 0 Å². The molecule has 3 heteroatoms. The van der Waals surface area contributed by atoms with Gasteiger partial charge in [0.05, 0.1) is 18.9 Å². The number of ether oxygens (including phenoxy) is 1. The second kappa shape index (κ2) is 3.72. The van der Waals surface area contributed by atoms with E-state index in [1.54, 1.807) is 0 Å². The molecule has 0 aromatic rings. The van der Waals surface area contributed by atoms with Gasteiger partial charge in [0, 0.05) is 25.8 Å². The fourth-order valence-corrected chi connectivity index (χ4v) is 1.53. The van der Waals surface area contributed by atoms with Gasteiger partial charge in [-0.1, -0.05) is 6.08 Å². The summed E-state index contributed by atoms with van der Waals surface area (Å²) in [5, 5.41) is 0. The van der Waals surface area contributed by atoms with E-state index in [-0.39, 0.29) is 0 Å². The van der Waals surface area contributed by atoms with E-state index in [0.29, 0.717) is 0 Å². The lowest BCUT2D eigenvalue weighted by atomic mass is 10.2. The standard InChI is InChI=1S/C9H14N2O/c1-2-9(8-10-3-1)11-4-6-12-7-5-11/h2,8H,1,3-7H2. The van der Waals surface area contributed by atoms with Crippen LogP contribution >= 0.6 is 0 Å². The molecule has 0 amide bonds. The zero-order chi connectivity index (χ0) is 8.23. The smallest absolute Gasteiger partial charge is 0.0642 e. The van der Waals surface area contributed by atoms with Crippen molar-refractivity contribution in [1.29, 1.82) is 0 Å². The van der Waals surface area contributed by atoms with Crippen LogP contribution in [0.4, 0.5) is 0 Å². The summed E-state index contributed by atoms with van der Waals surface area (Å²) in [4.78, 5) is 6.60. The topological polar surface area (TPSA) is 24.8 Å². The molecule has 0 spiro atoms. The zero-order valence-corrected chi connectivity index (χ0v) is 7.20. The van der Waals surface area contributed by atoms with Crippen LogP contribution in [0.5, 0.6) is 0 Å². The fraction of sp³-hybridized carbons (Fsp3) is 0.667. The van der Waals surface area contributed by atoms with E-state index in [0.717, 1.165) is 39.3 Å². The lowest BCUT2D eigenvalue weighted by Gasteiger charge is -2.30. The van der Waals surface area contributed by atoms with Crippen molar-refractivity contribution in [2.45, 2.75) is 6.42 Å². The van der Waals surface area contributed by atoms with Crippen LogP contribution in [0, 0.1) is 0 Å². The average Bonchev–Trinajstić information content (AvgIpc) is 2.21. The molecular weight excluding hydrogens is 152 g/mol. The van der Waals surface area contributed by atoms with Crippen LogP contribution in [0.1, 0.15) is 6.42 Å². The number of hydrogen-bond donors (Lipinski definition) is 0. The number of morpholine rings is 1. The molecule has 0 aromatic heterocycles. The predicted molar refractivity (Wildman–Crippen MR) is 48.5 cm³/mol. The molecule has 0 unspecified atom stereocenters. The first-order valence-corrected chi connectivity index (χ1v) is 4.49. The average molecular weight is 166 g/mol. The van der Waals surface area contributed by atoms with E-state index >= 15 is 0 Å². The highest BCUT2D eigenvalue weighted by Crippen LogP contribution is 2.09. The summed E-state index contributed by atoms with van der Waals surface area (Å²) in [6.07, 6.45) is 5.33. The molecule has 0 aliphatic carbocycles. The summed E-state index contributed by atoms with van der Waals surface area (Å²) in [6, 6.07) is 0. The third-order valence-electron chi connectivity index (χ3n) is 2.21. The van der Waals surface area contributed by atoms with Gasteiger partial charge in [-0.2, -0.15) is 0 Å². The van der Waals surface area contributed by atoms with E-state index in [1.807, 2.05) is 6.21 Å². The Morgan fingerprint density at radius 2 is 2.17 bits per heavy atom. The maximum Gasteiger partial charge on any atom is 0.0642 e. The summed E-state index contributed by atoms with van der Waals surface area (Å²) in [5.41, 5.74) is 1.28. The molecule has 0 bridgehead atoms. The molecule has 2 heterocycles. The zero-order valence-electron chi connectivity index (χ0n) is 7.20. The van der Waals surface area contributed by atoms with Gasteiger partial charge < -0.3 is 9.64 Å². The van der Waals surface area contributed by atoms with Crippen molar-refractivity contribution in [2.24, 2.45) is 4.99 Å². The Bertz CT molecular complexity index is 205. The van der Waals surface area contributed by atoms with Crippen LogP contribution in [-0.4, -0.2) is 44.0 Å². The predicted octanol–water partition coefficient (Wildman–Crippen LogP) is 0.677. The minimum Gasteiger partial charge on any atom is -0.378 e. The molecule has 1 saturated heterocycles. The maximum atomic E-state index is 5.28. The Morgan fingerprint density at radius 3 is 2.83 bits per heavy atom. The molecular formula is C9H14N2O. The van der Waals surface area contributed by atoms with Crippen molar-refractivity contribution >= 4 is 6.21 Å². The van der Waals surface area contributed by atoms with E-state index in [9.17, 15) is 0 Å². The Labute approximate surface area is 72.7 Å². The van der Waals surface area contributed by atoms with Gasteiger partial charge in [0.1, 0.15) is 0 Å². The second-order valence-corrected chi connectivity index (χ2v) is 3.05. The molecule has 2 aliphatic rings. The Balaban J connectivity index is 1.97.